The first-order chi connectivity index (χ1) is 15.8. The highest BCUT2D eigenvalue weighted by Gasteiger charge is 2.47. The van der Waals surface area contributed by atoms with Gasteiger partial charge in [0.05, 0.1) is 25.8 Å². The van der Waals surface area contributed by atoms with Crippen LogP contribution in [0.3, 0.4) is 0 Å². The standard InChI is InChI=1S/C26H24N2O5/c1-15-11-16(2)13-19(12-15)28-23(17-7-9-27-10-8-17)22(25(30)26(28)31)24(29)18-5-6-20(32-3)21(14-18)33-4/h5-14,23,29H,1-4H3/b24-22-. The van der Waals surface area contributed by atoms with Crippen molar-refractivity contribution in [3.8, 4) is 11.5 Å². The monoisotopic (exact) mass is 444 g/mol. The maximum absolute atomic E-state index is 13.3. The normalized spacial score (nSPS) is 17.3. The number of pyridine rings is 1. The number of benzene rings is 2. The number of nitrogens with zero attached hydrogens (tertiary/aromatic N) is 2. The molecular formula is C26H24N2O5. The Kier molecular flexibility index (Phi) is 5.87. The minimum atomic E-state index is -0.817. The Morgan fingerprint density at radius 2 is 1.55 bits per heavy atom. The van der Waals surface area contributed by atoms with E-state index in [9.17, 15) is 14.7 Å². The Hall–Kier alpha value is -4.13. The van der Waals surface area contributed by atoms with Crippen molar-refractivity contribution in [1.82, 2.24) is 4.98 Å². The average Bonchev–Trinajstić information content (AvgIpc) is 3.08. The van der Waals surface area contributed by atoms with Crippen molar-refractivity contribution in [2.45, 2.75) is 19.9 Å². The number of aryl methyl sites for hydroxylation is 2. The van der Waals surface area contributed by atoms with Crippen LogP contribution in [0, 0.1) is 13.8 Å². The van der Waals surface area contributed by atoms with Gasteiger partial charge in [-0.1, -0.05) is 6.07 Å². The van der Waals surface area contributed by atoms with E-state index in [2.05, 4.69) is 4.98 Å². The molecule has 1 unspecified atom stereocenters. The molecule has 1 amide bonds. The largest absolute Gasteiger partial charge is 0.507 e. The molecule has 2 aromatic carbocycles. The van der Waals surface area contributed by atoms with E-state index in [1.54, 1.807) is 42.7 Å². The number of aromatic nitrogens is 1. The highest BCUT2D eigenvalue weighted by Crippen LogP contribution is 2.43. The Balaban J connectivity index is 1.95. The zero-order valence-corrected chi connectivity index (χ0v) is 18.8. The third-order valence-electron chi connectivity index (χ3n) is 5.61. The van der Waals surface area contributed by atoms with Crippen molar-refractivity contribution in [3.05, 3.63) is 88.8 Å². The predicted molar refractivity (Wildman–Crippen MR) is 124 cm³/mol. The lowest BCUT2D eigenvalue weighted by Gasteiger charge is -2.26. The van der Waals surface area contributed by atoms with Gasteiger partial charge in [0.25, 0.3) is 11.7 Å². The van der Waals surface area contributed by atoms with Crippen LogP contribution in [-0.2, 0) is 9.59 Å². The smallest absolute Gasteiger partial charge is 0.300 e. The van der Waals surface area contributed by atoms with Crippen LogP contribution in [0.2, 0.25) is 0 Å². The maximum atomic E-state index is 13.3. The summed E-state index contributed by atoms with van der Waals surface area (Å²) in [5.41, 5.74) is 3.50. The van der Waals surface area contributed by atoms with Crippen LogP contribution in [0.5, 0.6) is 11.5 Å². The van der Waals surface area contributed by atoms with Gasteiger partial charge in [-0.3, -0.25) is 19.5 Å². The maximum Gasteiger partial charge on any atom is 0.300 e. The Morgan fingerprint density at radius 3 is 2.15 bits per heavy atom. The van der Waals surface area contributed by atoms with Gasteiger partial charge >= 0.3 is 0 Å². The second kappa shape index (κ2) is 8.78. The molecule has 33 heavy (non-hydrogen) atoms. The van der Waals surface area contributed by atoms with Crippen LogP contribution in [0.15, 0.2) is 66.5 Å². The molecule has 1 aliphatic heterocycles. The summed E-state index contributed by atoms with van der Waals surface area (Å²) in [5.74, 6) is -0.879. The molecule has 0 saturated carbocycles. The van der Waals surface area contributed by atoms with E-state index in [0.29, 0.717) is 28.3 Å². The lowest BCUT2D eigenvalue weighted by molar-refractivity contribution is -0.132. The third kappa shape index (κ3) is 3.93. The van der Waals surface area contributed by atoms with Crippen molar-refractivity contribution in [2.24, 2.45) is 0 Å². The molecule has 7 heteroatoms. The van der Waals surface area contributed by atoms with Gasteiger partial charge < -0.3 is 14.6 Å². The van der Waals surface area contributed by atoms with E-state index >= 15 is 0 Å². The molecule has 1 atom stereocenters. The summed E-state index contributed by atoms with van der Waals surface area (Å²) in [6.07, 6.45) is 3.18. The number of amides is 1. The van der Waals surface area contributed by atoms with Gasteiger partial charge in [0.15, 0.2) is 11.5 Å². The van der Waals surface area contributed by atoms with Gasteiger partial charge in [-0.25, -0.2) is 0 Å². The molecule has 7 nitrogen and oxygen atoms in total. The molecule has 1 aliphatic rings. The average molecular weight is 444 g/mol. The van der Waals surface area contributed by atoms with Gasteiger partial charge in [0.1, 0.15) is 5.76 Å². The fourth-order valence-corrected chi connectivity index (χ4v) is 4.19. The number of carbonyl (C=O) groups excluding carboxylic acids is 2. The number of anilines is 1. The minimum absolute atomic E-state index is 0.00224. The molecule has 1 N–H and O–H groups in total. The highest BCUT2D eigenvalue weighted by molar-refractivity contribution is 6.51. The number of hydrogen-bond donors (Lipinski definition) is 1. The van der Waals surface area contributed by atoms with Crippen LogP contribution >= 0.6 is 0 Å². The molecule has 168 valence electrons. The SMILES string of the molecule is COc1ccc(/C(O)=C2/C(=O)C(=O)N(c3cc(C)cc(C)c3)C2c2ccncc2)cc1OC. The van der Waals surface area contributed by atoms with E-state index in [4.69, 9.17) is 9.47 Å². The number of hydrogen-bond acceptors (Lipinski definition) is 6. The van der Waals surface area contributed by atoms with Crippen molar-refractivity contribution >= 4 is 23.1 Å². The Bertz CT molecular complexity index is 1250. The lowest BCUT2D eigenvalue weighted by Crippen LogP contribution is -2.29. The summed E-state index contributed by atoms with van der Waals surface area (Å²) in [6.45, 7) is 3.86. The third-order valence-corrected chi connectivity index (χ3v) is 5.61. The number of rotatable bonds is 5. The number of aliphatic hydroxyl groups excluding tert-OH is 1. The zero-order valence-electron chi connectivity index (χ0n) is 18.8. The van der Waals surface area contributed by atoms with Crippen LogP contribution in [-0.4, -0.2) is 36.0 Å². The first-order valence-corrected chi connectivity index (χ1v) is 10.4. The molecule has 0 spiro atoms. The topological polar surface area (TPSA) is 89.0 Å². The molecule has 1 aromatic heterocycles. The second-order valence-corrected chi connectivity index (χ2v) is 7.87. The van der Waals surface area contributed by atoms with E-state index in [-0.39, 0.29) is 11.3 Å². The first kappa shape index (κ1) is 22.1. The number of methoxy groups -OCH3 is 2. The second-order valence-electron chi connectivity index (χ2n) is 7.87. The first-order valence-electron chi connectivity index (χ1n) is 10.4. The Labute approximate surface area is 191 Å². The number of ketones is 1. The van der Waals surface area contributed by atoms with Crippen LogP contribution < -0.4 is 14.4 Å². The van der Waals surface area contributed by atoms with Crippen molar-refractivity contribution < 1.29 is 24.2 Å². The summed E-state index contributed by atoms with van der Waals surface area (Å²) in [4.78, 5) is 32.0. The molecule has 4 rings (SSSR count). The van der Waals surface area contributed by atoms with E-state index in [0.717, 1.165) is 11.1 Å². The van der Waals surface area contributed by atoms with E-state index < -0.39 is 17.7 Å². The summed E-state index contributed by atoms with van der Waals surface area (Å²) in [6, 6.07) is 13.2. The van der Waals surface area contributed by atoms with Crippen LogP contribution in [0.1, 0.15) is 28.3 Å². The molecule has 2 heterocycles. The van der Waals surface area contributed by atoms with Crippen molar-refractivity contribution in [1.29, 1.82) is 0 Å². The minimum Gasteiger partial charge on any atom is -0.507 e. The van der Waals surface area contributed by atoms with E-state index in [1.165, 1.54) is 19.1 Å². The van der Waals surface area contributed by atoms with Crippen molar-refractivity contribution in [2.75, 3.05) is 19.1 Å². The summed E-state index contributed by atoms with van der Waals surface area (Å²) in [5, 5.41) is 11.3. The molecule has 0 bridgehead atoms. The molecule has 3 aromatic rings. The molecule has 0 aliphatic carbocycles. The van der Waals surface area contributed by atoms with Crippen molar-refractivity contribution in [3.63, 3.8) is 0 Å². The van der Waals surface area contributed by atoms with Crippen LogP contribution in [0.4, 0.5) is 5.69 Å². The van der Waals surface area contributed by atoms with Gasteiger partial charge in [0.2, 0.25) is 0 Å². The summed E-state index contributed by atoms with van der Waals surface area (Å²) < 4.78 is 10.6. The van der Waals surface area contributed by atoms with Crippen LogP contribution in [0.25, 0.3) is 5.76 Å². The molecule has 1 fully saturated rings. The summed E-state index contributed by atoms with van der Waals surface area (Å²) in [7, 11) is 2.99. The predicted octanol–water partition coefficient (Wildman–Crippen LogP) is 4.34. The highest BCUT2D eigenvalue weighted by atomic mass is 16.5. The summed E-state index contributed by atoms with van der Waals surface area (Å²) >= 11 is 0. The number of carbonyl (C=O) groups is 2. The van der Waals surface area contributed by atoms with Gasteiger partial charge in [-0.15, -0.1) is 0 Å². The number of Topliss-reactive ketones (excluding diaryl/α,β-unsaturated/α-hetero) is 1. The molecule has 1 saturated heterocycles. The lowest BCUT2D eigenvalue weighted by atomic mass is 9.95. The van der Waals surface area contributed by atoms with Gasteiger partial charge in [-0.2, -0.15) is 0 Å². The quantitative estimate of drug-likeness (QED) is 0.358. The van der Waals surface area contributed by atoms with E-state index in [1.807, 2.05) is 32.0 Å². The van der Waals surface area contributed by atoms with Gasteiger partial charge in [-0.05, 0) is 73.0 Å². The number of aliphatic hydroxyl groups is 1. The fraction of sp³-hybridized carbons (Fsp3) is 0.192. The molecular weight excluding hydrogens is 420 g/mol. The fourth-order valence-electron chi connectivity index (χ4n) is 4.19. The zero-order chi connectivity index (χ0) is 23.7. The number of ether oxygens (including phenoxy) is 2. The van der Waals surface area contributed by atoms with Gasteiger partial charge in [0, 0.05) is 23.6 Å². The molecule has 0 radical (unpaired) electrons. The Morgan fingerprint density at radius 1 is 0.909 bits per heavy atom.